The highest BCUT2D eigenvalue weighted by atomic mass is 35.5. The van der Waals surface area contributed by atoms with Crippen molar-refractivity contribution >= 4 is 23.6 Å². The van der Waals surface area contributed by atoms with Crippen molar-refractivity contribution in [1.29, 1.82) is 5.26 Å². The number of carbonyl (C=O) groups is 1. The first-order valence-corrected chi connectivity index (χ1v) is 5.69. The molecule has 1 aromatic carbocycles. The van der Waals surface area contributed by atoms with Gasteiger partial charge in [-0.05, 0) is 36.4 Å². The second-order valence-corrected chi connectivity index (χ2v) is 4.12. The molecule has 0 bridgehead atoms. The van der Waals surface area contributed by atoms with Crippen LogP contribution in [0, 0.1) is 11.3 Å². The smallest absolute Gasteiger partial charge is 0.346 e. The summed E-state index contributed by atoms with van der Waals surface area (Å²) in [5, 5.41) is 18.0. The Labute approximate surface area is 120 Å². The van der Waals surface area contributed by atoms with Crippen LogP contribution < -0.4 is 6.15 Å². The van der Waals surface area contributed by atoms with Crippen molar-refractivity contribution in [2.45, 2.75) is 0 Å². The van der Waals surface area contributed by atoms with Crippen molar-refractivity contribution in [2.24, 2.45) is 0 Å². The molecular weight excluding hydrogens is 280 g/mol. The highest BCUT2D eigenvalue weighted by Gasteiger charge is 2.08. The van der Waals surface area contributed by atoms with Crippen molar-refractivity contribution in [1.82, 2.24) is 6.15 Å². The van der Waals surface area contributed by atoms with Crippen LogP contribution in [0.4, 0.5) is 0 Å². The minimum atomic E-state index is -1.29. The number of aliphatic carboxylic acids is 1. The average Bonchev–Trinajstić information content (AvgIpc) is 2.85. The maximum atomic E-state index is 10.7. The van der Waals surface area contributed by atoms with Crippen LogP contribution in [0.25, 0.3) is 17.4 Å². The number of benzene rings is 1. The van der Waals surface area contributed by atoms with E-state index in [0.29, 0.717) is 16.5 Å². The van der Waals surface area contributed by atoms with Gasteiger partial charge in [0.05, 0.1) is 0 Å². The Hall–Kier alpha value is -2.55. The zero-order valence-corrected chi connectivity index (χ0v) is 11.1. The van der Waals surface area contributed by atoms with E-state index in [0.717, 1.165) is 5.56 Å². The van der Waals surface area contributed by atoms with Crippen molar-refractivity contribution in [3.05, 3.63) is 52.8 Å². The lowest BCUT2D eigenvalue weighted by Gasteiger charge is -1.96. The summed E-state index contributed by atoms with van der Waals surface area (Å²) in [7, 11) is 0. The van der Waals surface area contributed by atoms with E-state index in [1.807, 2.05) is 0 Å². The molecule has 0 amide bonds. The summed E-state index contributed by atoms with van der Waals surface area (Å²) >= 11 is 5.79. The van der Waals surface area contributed by atoms with Crippen LogP contribution in [0.15, 0.2) is 46.4 Å². The van der Waals surface area contributed by atoms with Gasteiger partial charge < -0.3 is 15.7 Å². The topological polar surface area (TPSA) is 109 Å². The fourth-order valence-corrected chi connectivity index (χ4v) is 1.61. The van der Waals surface area contributed by atoms with Gasteiger partial charge >= 0.3 is 5.97 Å². The Kier molecular flexibility index (Phi) is 5.09. The molecule has 0 saturated heterocycles. The van der Waals surface area contributed by atoms with Crippen molar-refractivity contribution in [3.63, 3.8) is 0 Å². The number of carboxylic acids is 1. The molecule has 2 rings (SSSR count). The first kappa shape index (κ1) is 15.5. The lowest BCUT2D eigenvalue weighted by molar-refractivity contribution is -0.132. The largest absolute Gasteiger partial charge is 0.477 e. The zero-order chi connectivity index (χ0) is 13.8. The molecule has 2 aromatic rings. The Morgan fingerprint density at radius 2 is 1.90 bits per heavy atom. The molecule has 0 spiro atoms. The van der Waals surface area contributed by atoms with E-state index in [9.17, 15) is 4.79 Å². The molecule has 102 valence electrons. The highest BCUT2D eigenvalue weighted by Crippen LogP contribution is 2.24. The predicted molar refractivity (Wildman–Crippen MR) is 75.4 cm³/mol. The van der Waals surface area contributed by atoms with Gasteiger partial charge in [-0.2, -0.15) is 5.26 Å². The van der Waals surface area contributed by atoms with Crippen molar-refractivity contribution in [3.8, 4) is 17.4 Å². The van der Waals surface area contributed by atoms with Gasteiger partial charge in [-0.15, -0.1) is 0 Å². The van der Waals surface area contributed by atoms with E-state index < -0.39 is 5.97 Å². The van der Waals surface area contributed by atoms with E-state index in [1.54, 1.807) is 42.5 Å². The molecule has 0 fully saturated rings. The van der Waals surface area contributed by atoms with Crippen LogP contribution in [-0.4, -0.2) is 11.1 Å². The number of nitriles is 1. The number of halogens is 1. The Bertz CT molecular complexity index is 681. The monoisotopic (exact) mass is 290 g/mol. The molecule has 0 saturated carbocycles. The molecule has 1 aromatic heterocycles. The summed E-state index contributed by atoms with van der Waals surface area (Å²) in [4.78, 5) is 10.7. The molecule has 0 aliphatic rings. The lowest BCUT2D eigenvalue weighted by atomic mass is 10.2. The molecule has 0 aliphatic carbocycles. The van der Waals surface area contributed by atoms with Gasteiger partial charge in [-0.3, -0.25) is 0 Å². The van der Waals surface area contributed by atoms with Gasteiger partial charge in [0.25, 0.3) is 0 Å². The molecule has 0 unspecified atom stereocenters. The summed E-state index contributed by atoms with van der Waals surface area (Å²) in [5.74, 6) is -0.401. The van der Waals surface area contributed by atoms with Gasteiger partial charge in [0.2, 0.25) is 0 Å². The van der Waals surface area contributed by atoms with E-state index in [-0.39, 0.29) is 11.7 Å². The minimum absolute atomic E-state index is 0. The number of rotatable bonds is 3. The predicted octanol–water partition coefficient (Wildman–Crippen LogP) is 3.75. The number of carboxylic acid groups (broad SMARTS) is 1. The van der Waals surface area contributed by atoms with Crippen LogP contribution in [0.3, 0.4) is 0 Å². The van der Waals surface area contributed by atoms with E-state index in [1.165, 1.54) is 6.08 Å². The average molecular weight is 291 g/mol. The Morgan fingerprint density at radius 3 is 2.45 bits per heavy atom. The van der Waals surface area contributed by atoms with Gasteiger partial charge in [0.15, 0.2) is 0 Å². The maximum Gasteiger partial charge on any atom is 0.346 e. The summed E-state index contributed by atoms with van der Waals surface area (Å²) < 4.78 is 5.46. The summed E-state index contributed by atoms with van der Waals surface area (Å²) in [6.45, 7) is 0. The molecule has 1 heterocycles. The summed E-state index contributed by atoms with van der Waals surface area (Å²) in [6.07, 6.45) is 1.18. The normalized spacial score (nSPS) is 10.5. The first-order chi connectivity index (χ1) is 9.10. The third-order valence-electron chi connectivity index (χ3n) is 2.39. The number of hydrogen-bond acceptors (Lipinski definition) is 4. The minimum Gasteiger partial charge on any atom is -0.477 e. The Balaban J connectivity index is 0.00000200. The second-order valence-electron chi connectivity index (χ2n) is 3.68. The van der Waals surface area contributed by atoms with Crippen LogP contribution in [0.5, 0.6) is 0 Å². The third kappa shape index (κ3) is 3.48. The van der Waals surface area contributed by atoms with Crippen LogP contribution in [0.2, 0.25) is 5.02 Å². The van der Waals surface area contributed by atoms with Crippen LogP contribution >= 0.6 is 11.6 Å². The second kappa shape index (κ2) is 6.57. The van der Waals surface area contributed by atoms with Gasteiger partial charge in [0.1, 0.15) is 23.2 Å². The fraction of sp³-hybridized carbons (Fsp3) is 0. The van der Waals surface area contributed by atoms with Crippen LogP contribution in [0.1, 0.15) is 5.76 Å². The molecule has 0 atom stereocenters. The molecule has 4 N–H and O–H groups in total. The number of nitrogens with zero attached hydrogens (tertiary/aromatic N) is 1. The highest BCUT2D eigenvalue weighted by molar-refractivity contribution is 6.30. The SMILES string of the molecule is N.N#C/C(=C\c1ccc(-c2ccc(Cl)cc2)o1)C(=O)O. The molecule has 0 aliphatic heterocycles. The molecule has 20 heavy (non-hydrogen) atoms. The standard InChI is InChI=1S/C14H8ClNO3.H3N/c15-11-3-1-9(2-4-11)13-6-5-12(19-13)7-10(8-16)14(17)18;/h1-7H,(H,17,18);1H3/b10-7+;. The number of hydrogen-bond donors (Lipinski definition) is 2. The molecule has 0 radical (unpaired) electrons. The lowest BCUT2D eigenvalue weighted by Crippen LogP contribution is -1.96. The first-order valence-electron chi connectivity index (χ1n) is 5.31. The van der Waals surface area contributed by atoms with Gasteiger partial charge in [0, 0.05) is 16.7 Å². The fourth-order valence-electron chi connectivity index (χ4n) is 1.48. The molecule has 5 nitrogen and oxygen atoms in total. The summed E-state index contributed by atoms with van der Waals surface area (Å²) in [5.41, 5.74) is 0.440. The third-order valence-corrected chi connectivity index (χ3v) is 2.64. The zero-order valence-electron chi connectivity index (χ0n) is 10.3. The molecule has 6 heteroatoms. The van der Waals surface area contributed by atoms with E-state index in [4.69, 9.17) is 26.4 Å². The maximum absolute atomic E-state index is 10.7. The van der Waals surface area contributed by atoms with Gasteiger partial charge in [-0.25, -0.2) is 4.79 Å². The van der Waals surface area contributed by atoms with E-state index in [2.05, 4.69) is 0 Å². The van der Waals surface area contributed by atoms with Gasteiger partial charge in [-0.1, -0.05) is 11.6 Å². The van der Waals surface area contributed by atoms with Crippen molar-refractivity contribution < 1.29 is 14.3 Å². The van der Waals surface area contributed by atoms with E-state index >= 15 is 0 Å². The van der Waals surface area contributed by atoms with Crippen LogP contribution in [-0.2, 0) is 4.79 Å². The van der Waals surface area contributed by atoms with Crippen molar-refractivity contribution in [2.75, 3.05) is 0 Å². The molecular formula is C14H11ClN2O3. The Morgan fingerprint density at radius 1 is 1.25 bits per heavy atom. The quantitative estimate of drug-likeness (QED) is 0.660. The number of furan rings is 1. The summed E-state index contributed by atoms with van der Waals surface area (Å²) in [6, 6.07) is 11.9.